The molecule has 0 bridgehead atoms. The Morgan fingerprint density at radius 3 is 2.52 bits per heavy atom. The second kappa shape index (κ2) is 9.29. The highest BCUT2D eigenvalue weighted by Crippen LogP contribution is 2.28. The van der Waals surface area contributed by atoms with Gasteiger partial charge >= 0.3 is 0 Å². The lowest BCUT2D eigenvalue weighted by Gasteiger charge is -2.32. The Morgan fingerprint density at radius 2 is 1.87 bits per heavy atom. The summed E-state index contributed by atoms with van der Waals surface area (Å²) in [5, 5.41) is 0. The van der Waals surface area contributed by atoms with Crippen LogP contribution in [0.5, 0.6) is 5.75 Å². The Bertz CT molecular complexity index is 465. The van der Waals surface area contributed by atoms with Crippen molar-refractivity contribution in [3.63, 3.8) is 0 Å². The predicted molar refractivity (Wildman–Crippen MR) is 98.6 cm³/mol. The van der Waals surface area contributed by atoms with Gasteiger partial charge < -0.3 is 14.5 Å². The molecule has 0 atom stereocenters. The van der Waals surface area contributed by atoms with Crippen molar-refractivity contribution >= 4 is 0 Å². The smallest absolute Gasteiger partial charge is 0.122 e. The van der Waals surface area contributed by atoms with E-state index >= 15 is 0 Å². The lowest BCUT2D eigenvalue weighted by atomic mass is 9.97. The van der Waals surface area contributed by atoms with E-state index in [1.165, 1.54) is 56.7 Å². The van der Waals surface area contributed by atoms with Crippen LogP contribution in [-0.4, -0.2) is 56.2 Å². The van der Waals surface area contributed by atoms with E-state index in [4.69, 9.17) is 4.74 Å². The molecular formula is C20H34N2O. The fraction of sp³-hybridized carbons (Fsp3) is 0.700. The van der Waals surface area contributed by atoms with Gasteiger partial charge in [-0.2, -0.15) is 0 Å². The Morgan fingerprint density at radius 1 is 1.13 bits per heavy atom. The standard InChI is InChI=1S/C20H34N2O/c1-5-15-23-20-9-8-18(16-19(20)17(2)3)7-6-10-22-13-11-21(4)12-14-22/h8-9,16-17H,5-7,10-15H2,1-4H3. The molecule has 2 rings (SSSR count). The molecule has 130 valence electrons. The summed E-state index contributed by atoms with van der Waals surface area (Å²) >= 11 is 0. The number of nitrogens with zero attached hydrogens (tertiary/aromatic N) is 2. The van der Waals surface area contributed by atoms with Gasteiger partial charge in [-0.15, -0.1) is 0 Å². The lowest BCUT2D eigenvalue weighted by molar-refractivity contribution is 0.153. The number of hydrogen-bond acceptors (Lipinski definition) is 3. The molecule has 0 spiro atoms. The number of ether oxygens (including phenoxy) is 1. The van der Waals surface area contributed by atoms with Gasteiger partial charge in [0.15, 0.2) is 0 Å². The first kappa shape index (κ1) is 18.3. The van der Waals surface area contributed by atoms with Crippen LogP contribution in [0.15, 0.2) is 18.2 Å². The minimum atomic E-state index is 0.513. The fourth-order valence-electron chi connectivity index (χ4n) is 3.13. The molecule has 0 amide bonds. The maximum absolute atomic E-state index is 5.90. The van der Waals surface area contributed by atoms with Gasteiger partial charge in [-0.3, -0.25) is 0 Å². The lowest BCUT2D eigenvalue weighted by Crippen LogP contribution is -2.44. The van der Waals surface area contributed by atoms with E-state index in [1.54, 1.807) is 0 Å². The molecular weight excluding hydrogens is 284 g/mol. The Labute approximate surface area is 142 Å². The first-order valence-corrected chi connectivity index (χ1v) is 9.26. The quantitative estimate of drug-likeness (QED) is 0.725. The molecule has 0 N–H and O–H groups in total. The van der Waals surface area contributed by atoms with E-state index in [0.717, 1.165) is 18.8 Å². The van der Waals surface area contributed by atoms with Gasteiger partial charge in [-0.05, 0) is 56.0 Å². The number of hydrogen-bond donors (Lipinski definition) is 0. The molecule has 0 aliphatic carbocycles. The van der Waals surface area contributed by atoms with E-state index in [9.17, 15) is 0 Å². The van der Waals surface area contributed by atoms with Crippen molar-refractivity contribution in [2.24, 2.45) is 0 Å². The highest BCUT2D eigenvalue weighted by Gasteiger charge is 2.13. The molecule has 1 saturated heterocycles. The zero-order chi connectivity index (χ0) is 16.7. The van der Waals surface area contributed by atoms with Crippen molar-refractivity contribution in [2.45, 2.75) is 46.0 Å². The number of aryl methyl sites for hydroxylation is 1. The summed E-state index contributed by atoms with van der Waals surface area (Å²) in [7, 11) is 2.22. The number of benzene rings is 1. The summed E-state index contributed by atoms with van der Waals surface area (Å²) in [6.45, 7) is 13.5. The second-order valence-electron chi connectivity index (χ2n) is 7.12. The third-order valence-corrected chi connectivity index (χ3v) is 4.69. The van der Waals surface area contributed by atoms with Crippen LogP contribution in [-0.2, 0) is 6.42 Å². The maximum Gasteiger partial charge on any atom is 0.122 e. The van der Waals surface area contributed by atoms with Crippen LogP contribution in [0.4, 0.5) is 0 Å². The molecule has 1 aliphatic rings. The summed E-state index contributed by atoms with van der Waals surface area (Å²) in [5.41, 5.74) is 2.81. The molecule has 1 fully saturated rings. The molecule has 0 saturated carbocycles. The largest absolute Gasteiger partial charge is 0.493 e. The predicted octanol–water partition coefficient (Wildman–Crippen LogP) is 3.78. The van der Waals surface area contributed by atoms with Crippen molar-refractivity contribution in [2.75, 3.05) is 46.4 Å². The molecule has 1 heterocycles. The minimum Gasteiger partial charge on any atom is -0.493 e. The van der Waals surface area contributed by atoms with Crippen LogP contribution < -0.4 is 4.74 Å². The van der Waals surface area contributed by atoms with E-state index < -0.39 is 0 Å². The van der Waals surface area contributed by atoms with Crippen molar-refractivity contribution in [1.29, 1.82) is 0 Å². The molecule has 0 radical (unpaired) electrons. The summed E-state index contributed by atoms with van der Waals surface area (Å²) in [6.07, 6.45) is 3.47. The molecule has 1 aliphatic heterocycles. The van der Waals surface area contributed by atoms with Gasteiger partial charge in [0, 0.05) is 26.2 Å². The summed E-state index contributed by atoms with van der Waals surface area (Å²) < 4.78 is 5.90. The van der Waals surface area contributed by atoms with Crippen LogP contribution in [0.2, 0.25) is 0 Å². The van der Waals surface area contributed by atoms with E-state index in [1.807, 2.05) is 0 Å². The average molecular weight is 319 g/mol. The summed E-state index contributed by atoms with van der Waals surface area (Å²) in [6, 6.07) is 6.79. The van der Waals surface area contributed by atoms with Crippen LogP contribution in [0.25, 0.3) is 0 Å². The normalized spacial score (nSPS) is 16.9. The zero-order valence-corrected chi connectivity index (χ0v) is 15.5. The second-order valence-corrected chi connectivity index (χ2v) is 7.12. The molecule has 3 nitrogen and oxygen atoms in total. The first-order chi connectivity index (χ1) is 11.1. The summed E-state index contributed by atoms with van der Waals surface area (Å²) in [4.78, 5) is 5.02. The van der Waals surface area contributed by atoms with Crippen molar-refractivity contribution in [1.82, 2.24) is 9.80 Å². The number of piperazine rings is 1. The van der Waals surface area contributed by atoms with Gasteiger partial charge in [0.2, 0.25) is 0 Å². The monoisotopic (exact) mass is 318 g/mol. The van der Waals surface area contributed by atoms with E-state index in [2.05, 4.69) is 55.8 Å². The molecule has 0 aromatic heterocycles. The van der Waals surface area contributed by atoms with E-state index in [0.29, 0.717) is 5.92 Å². The van der Waals surface area contributed by atoms with Gasteiger partial charge in [-0.1, -0.05) is 32.9 Å². The Hall–Kier alpha value is -1.06. The topological polar surface area (TPSA) is 15.7 Å². The minimum absolute atomic E-state index is 0.513. The molecule has 0 unspecified atom stereocenters. The van der Waals surface area contributed by atoms with Gasteiger partial charge in [0.25, 0.3) is 0 Å². The van der Waals surface area contributed by atoms with Crippen LogP contribution in [0, 0.1) is 0 Å². The SMILES string of the molecule is CCCOc1ccc(CCCN2CCN(C)CC2)cc1C(C)C. The first-order valence-electron chi connectivity index (χ1n) is 9.26. The highest BCUT2D eigenvalue weighted by molar-refractivity contribution is 5.39. The van der Waals surface area contributed by atoms with E-state index in [-0.39, 0.29) is 0 Å². The van der Waals surface area contributed by atoms with Crippen molar-refractivity contribution < 1.29 is 4.74 Å². The van der Waals surface area contributed by atoms with Gasteiger partial charge in [-0.25, -0.2) is 0 Å². The van der Waals surface area contributed by atoms with Crippen LogP contribution in [0.3, 0.4) is 0 Å². The average Bonchev–Trinajstić information content (AvgIpc) is 2.55. The molecule has 1 aromatic rings. The van der Waals surface area contributed by atoms with Crippen molar-refractivity contribution in [3.05, 3.63) is 29.3 Å². The van der Waals surface area contributed by atoms with Crippen LogP contribution in [0.1, 0.15) is 50.7 Å². The molecule has 1 aromatic carbocycles. The third-order valence-electron chi connectivity index (χ3n) is 4.69. The molecule has 23 heavy (non-hydrogen) atoms. The van der Waals surface area contributed by atoms with Crippen molar-refractivity contribution in [3.8, 4) is 5.75 Å². The zero-order valence-electron chi connectivity index (χ0n) is 15.5. The fourth-order valence-corrected chi connectivity index (χ4v) is 3.13. The van der Waals surface area contributed by atoms with Gasteiger partial charge in [0.05, 0.1) is 6.61 Å². The third kappa shape index (κ3) is 5.82. The molecule has 3 heteroatoms. The van der Waals surface area contributed by atoms with Crippen LogP contribution >= 0.6 is 0 Å². The Kier molecular flexibility index (Phi) is 7.38. The highest BCUT2D eigenvalue weighted by atomic mass is 16.5. The summed E-state index contributed by atoms with van der Waals surface area (Å²) in [5.74, 6) is 1.59. The maximum atomic E-state index is 5.90. The number of likely N-dealkylation sites (N-methyl/N-ethyl adjacent to an activating group) is 1. The van der Waals surface area contributed by atoms with Gasteiger partial charge in [0.1, 0.15) is 5.75 Å². The number of rotatable bonds is 8. The Balaban J connectivity index is 1.86.